The van der Waals surface area contributed by atoms with Gasteiger partial charge in [0.05, 0.1) is 5.69 Å². The molecule has 0 aliphatic rings. The summed E-state index contributed by atoms with van der Waals surface area (Å²) in [4.78, 5) is 5.82. The second-order valence-corrected chi connectivity index (χ2v) is 5.55. The first-order chi connectivity index (χ1) is 8.47. The van der Waals surface area contributed by atoms with Crippen LogP contribution in [0, 0.1) is 6.92 Å². The van der Waals surface area contributed by atoms with Crippen LogP contribution in [0.15, 0.2) is 24.3 Å². The molecule has 0 aliphatic heterocycles. The summed E-state index contributed by atoms with van der Waals surface area (Å²) >= 11 is 0. The van der Waals surface area contributed by atoms with Crippen molar-refractivity contribution in [3.05, 3.63) is 30.0 Å². The van der Waals surface area contributed by atoms with E-state index in [2.05, 4.69) is 67.3 Å². The number of hydrogen-bond acceptors (Lipinski definition) is 2. The topological polar surface area (TPSA) is 31.1 Å². The van der Waals surface area contributed by atoms with E-state index in [9.17, 15) is 0 Å². The van der Waals surface area contributed by atoms with Crippen molar-refractivity contribution in [3.8, 4) is 0 Å². The standard InChI is InChI=1S/C15H23N3/c1-11-14(18(5)15(2,3)10-16-4)12-8-6-7-9-13(12)17-11/h6-9,16-17H,10H2,1-5H3. The van der Waals surface area contributed by atoms with Crippen molar-refractivity contribution in [3.63, 3.8) is 0 Å². The van der Waals surface area contributed by atoms with E-state index < -0.39 is 0 Å². The lowest BCUT2D eigenvalue weighted by Crippen LogP contribution is -2.48. The van der Waals surface area contributed by atoms with Crippen molar-refractivity contribution in [1.29, 1.82) is 0 Å². The van der Waals surface area contributed by atoms with E-state index in [0.717, 1.165) is 6.54 Å². The Hall–Kier alpha value is -1.48. The number of anilines is 1. The third kappa shape index (κ3) is 2.10. The Kier molecular flexibility index (Phi) is 3.35. The number of rotatable bonds is 4. The van der Waals surface area contributed by atoms with Gasteiger partial charge in [0.2, 0.25) is 0 Å². The molecule has 2 N–H and O–H groups in total. The van der Waals surface area contributed by atoms with Gasteiger partial charge >= 0.3 is 0 Å². The maximum absolute atomic E-state index is 3.46. The summed E-state index contributed by atoms with van der Waals surface area (Å²) in [6.45, 7) is 7.60. The number of fused-ring (bicyclic) bond motifs is 1. The molecule has 3 heteroatoms. The highest BCUT2D eigenvalue weighted by Crippen LogP contribution is 2.33. The third-order valence-corrected chi connectivity index (χ3v) is 3.71. The SMILES string of the molecule is CNCC(C)(C)N(C)c1c(C)[nH]c2ccccc12. The monoisotopic (exact) mass is 245 g/mol. The van der Waals surface area contributed by atoms with E-state index in [1.807, 2.05) is 7.05 Å². The van der Waals surface area contributed by atoms with Crippen LogP contribution in [0.5, 0.6) is 0 Å². The van der Waals surface area contributed by atoms with Gasteiger partial charge in [0.15, 0.2) is 0 Å². The van der Waals surface area contributed by atoms with Crippen LogP contribution in [-0.2, 0) is 0 Å². The summed E-state index contributed by atoms with van der Waals surface area (Å²) < 4.78 is 0. The number of hydrogen-bond donors (Lipinski definition) is 2. The molecule has 1 aromatic carbocycles. The number of nitrogens with one attached hydrogen (secondary N) is 2. The van der Waals surface area contributed by atoms with Crippen LogP contribution >= 0.6 is 0 Å². The number of para-hydroxylation sites is 1. The summed E-state index contributed by atoms with van der Waals surface area (Å²) in [5, 5.41) is 4.56. The highest BCUT2D eigenvalue weighted by Gasteiger charge is 2.26. The van der Waals surface area contributed by atoms with Gasteiger partial charge in [-0.25, -0.2) is 0 Å². The number of nitrogens with zero attached hydrogens (tertiary/aromatic N) is 1. The summed E-state index contributed by atoms with van der Waals surface area (Å²) in [7, 11) is 4.16. The fourth-order valence-electron chi connectivity index (χ4n) is 2.55. The van der Waals surface area contributed by atoms with Crippen molar-refractivity contribution in [1.82, 2.24) is 10.3 Å². The molecule has 0 bridgehead atoms. The Bertz CT molecular complexity index is 540. The highest BCUT2D eigenvalue weighted by atomic mass is 15.2. The van der Waals surface area contributed by atoms with Gasteiger partial charge in [0.25, 0.3) is 0 Å². The molecule has 2 rings (SSSR count). The number of H-pyrrole nitrogens is 1. The van der Waals surface area contributed by atoms with Gasteiger partial charge in [-0.1, -0.05) is 18.2 Å². The number of aromatic amines is 1. The van der Waals surface area contributed by atoms with E-state index in [4.69, 9.17) is 0 Å². The molecular formula is C15H23N3. The van der Waals surface area contributed by atoms with Crippen molar-refractivity contribution < 1.29 is 0 Å². The van der Waals surface area contributed by atoms with Gasteiger partial charge in [0, 0.05) is 35.7 Å². The lowest BCUT2D eigenvalue weighted by atomic mass is 10.0. The largest absolute Gasteiger partial charge is 0.366 e. The van der Waals surface area contributed by atoms with Crippen LogP contribution in [0.3, 0.4) is 0 Å². The summed E-state index contributed by atoms with van der Waals surface area (Å²) in [5.41, 5.74) is 3.80. The summed E-state index contributed by atoms with van der Waals surface area (Å²) in [6, 6.07) is 8.48. The normalized spacial score (nSPS) is 12.1. The summed E-state index contributed by atoms with van der Waals surface area (Å²) in [6.07, 6.45) is 0. The van der Waals surface area contributed by atoms with Gasteiger partial charge in [-0.15, -0.1) is 0 Å². The van der Waals surface area contributed by atoms with Crippen LogP contribution in [0.1, 0.15) is 19.5 Å². The van der Waals surface area contributed by atoms with E-state index >= 15 is 0 Å². The molecule has 0 unspecified atom stereocenters. The molecule has 0 amide bonds. The van der Waals surface area contributed by atoms with Gasteiger partial charge in [-0.2, -0.15) is 0 Å². The van der Waals surface area contributed by atoms with Gasteiger partial charge in [0.1, 0.15) is 0 Å². The van der Waals surface area contributed by atoms with Crippen molar-refractivity contribution in [2.75, 3.05) is 25.5 Å². The Labute approximate surface area is 109 Å². The van der Waals surface area contributed by atoms with E-state index in [1.54, 1.807) is 0 Å². The predicted molar refractivity (Wildman–Crippen MR) is 79.4 cm³/mol. The van der Waals surface area contributed by atoms with Crippen molar-refractivity contribution in [2.45, 2.75) is 26.3 Å². The molecule has 0 aliphatic carbocycles. The maximum Gasteiger partial charge on any atom is 0.0656 e. The zero-order chi connectivity index (χ0) is 13.3. The van der Waals surface area contributed by atoms with Crippen LogP contribution in [0.4, 0.5) is 5.69 Å². The predicted octanol–water partition coefficient (Wildman–Crippen LogP) is 2.91. The van der Waals surface area contributed by atoms with Crippen molar-refractivity contribution >= 4 is 16.6 Å². The summed E-state index contributed by atoms with van der Waals surface area (Å²) in [5.74, 6) is 0. The fraction of sp³-hybridized carbons (Fsp3) is 0.467. The Morgan fingerprint density at radius 3 is 2.61 bits per heavy atom. The smallest absolute Gasteiger partial charge is 0.0656 e. The average molecular weight is 245 g/mol. The van der Waals surface area contributed by atoms with E-state index in [0.29, 0.717) is 0 Å². The molecule has 1 heterocycles. The fourth-order valence-corrected chi connectivity index (χ4v) is 2.55. The first-order valence-electron chi connectivity index (χ1n) is 6.43. The minimum absolute atomic E-state index is 0.0739. The van der Waals surface area contributed by atoms with Gasteiger partial charge in [-0.3, -0.25) is 0 Å². The first kappa shape index (κ1) is 13.0. The lowest BCUT2D eigenvalue weighted by molar-refractivity contribution is 0.463. The quantitative estimate of drug-likeness (QED) is 0.868. The number of likely N-dealkylation sites (N-methyl/N-ethyl adjacent to an activating group) is 2. The molecule has 0 fully saturated rings. The first-order valence-corrected chi connectivity index (χ1v) is 6.43. The molecule has 3 nitrogen and oxygen atoms in total. The average Bonchev–Trinajstić information content (AvgIpc) is 2.63. The van der Waals surface area contributed by atoms with Gasteiger partial charge < -0.3 is 15.2 Å². The van der Waals surface area contributed by atoms with E-state index in [1.165, 1.54) is 22.3 Å². The molecule has 0 radical (unpaired) electrons. The molecule has 0 atom stereocenters. The van der Waals surface area contributed by atoms with Crippen LogP contribution in [0.2, 0.25) is 0 Å². The van der Waals surface area contributed by atoms with Crippen LogP contribution in [-0.4, -0.2) is 31.2 Å². The van der Waals surface area contributed by atoms with Crippen molar-refractivity contribution in [2.24, 2.45) is 0 Å². The molecule has 0 saturated heterocycles. The zero-order valence-corrected chi connectivity index (χ0v) is 12.0. The highest BCUT2D eigenvalue weighted by molar-refractivity contribution is 5.95. The molecule has 2 aromatic rings. The Morgan fingerprint density at radius 1 is 1.28 bits per heavy atom. The number of aromatic nitrogens is 1. The molecular weight excluding hydrogens is 222 g/mol. The minimum Gasteiger partial charge on any atom is -0.366 e. The second-order valence-electron chi connectivity index (χ2n) is 5.55. The van der Waals surface area contributed by atoms with Crippen LogP contribution < -0.4 is 10.2 Å². The number of benzene rings is 1. The lowest BCUT2D eigenvalue weighted by Gasteiger charge is -2.37. The second kappa shape index (κ2) is 4.65. The van der Waals surface area contributed by atoms with E-state index in [-0.39, 0.29) is 5.54 Å². The number of aryl methyl sites for hydroxylation is 1. The van der Waals surface area contributed by atoms with Gasteiger partial charge in [-0.05, 0) is 33.9 Å². The minimum atomic E-state index is 0.0739. The molecule has 98 valence electrons. The Morgan fingerprint density at radius 2 is 1.94 bits per heavy atom. The molecule has 1 aromatic heterocycles. The maximum atomic E-state index is 3.46. The molecule has 0 spiro atoms. The molecule has 18 heavy (non-hydrogen) atoms. The zero-order valence-electron chi connectivity index (χ0n) is 12.0. The molecule has 0 saturated carbocycles. The Balaban J connectivity index is 2.50. The van der Waals surface area contributed by atoms with Crippen LogP contribution in [0.25, 0.3) is 10.9 Å². The third-order valence-electron chi connectivity index (χ3n) is 3.71.